The Kier molecular flexibility index (Phi) is 4.20. The van der Waals surface area contributed by atoms with Gasteiger partial charge in [-0.1, -0.05) is 6.42 Å². The predicted octanol–water partition coefficient (Wildman–Crippen LogP) is 0.459. The molecule has 1 saturated carbocycles. The van der Waals surface area contributed by atoms with Crippen molar-refractivity contribution in [3.63, 3.8) is 0 Å². The van der Waals surface area contributed by atoms with Gasteiger partial charge in [-0.3, -0.25) is 13.9 Å². The maximum Gasteiger partial charge on any atom is 0.330 e. The Morgan fingerprint density at radius 1 is 1.32 bits per heavy atom. The van der Waals surface area contributed by atoms with Gasteiger partial charge in [0.1, 0.15) is 0 Å². The normalized spacial score (nSPS) is 17.2. The van der Waals surface area contributed by atoms with Crippen LogP contribution in [0.3, 0.4) is 0 Å². The van der Waals surface area contributed by atoms with Crippen LogP contribution in [0.2, 0.25) is 0 Å². The van der Waals surface area contributed by atoms with Gasteiger partial charge in [-0.05, 0) is 19.1 Å². The second kappa shape index (κ2) is 5.54. The van der Waals surface area contributed by atoms with Crippen molar-refractivity contribution in [2.24, 2.45) is 14.1 Å². The average molecular weight is 283 g/mol. The highest BCUT2D eigenvalue weighted by atomic mass is 32.2. The van der Waals surface area contributed by atoms with Crippen LogP contribution in [0, 0.1) is 0 Å². The maximum atomic E-state index is 11.8. The smallest absolute Gasteiger partial charge is 0.310 e. The van der Waals surface area contributed by atoms with E-state index in [1.165, 1.54) is 36.9 Å². The van der Waals surface area contributed by atoms with E-state index in [0.29, 0.717) is 11.3 Å². The van der Waals surface area contributed by atoms with Crippen molar-refractivity contribution >= 4 is 11.8 Å². The van der Waals surface area contributed by atoms with E-state index in [1.54, 1.807) is 7.05 Å². The Bertz CT molecular complexity index is 567. The van der Waals surface area contributed by atoms with Crippen LogP contribution in [0.25, 0.3) is 0 Å². The number of hydrogen-bond donors (Lipinski definition) is 1. The van der Waals surface area contributed by atoms with Crippen LogP contribution < -0.4 is 16.6 Å². The summed E-state index contributed by atoms with van der Waals surface area (Å²) in [6.07, 6.45) is 5.94. The van der Waals surface area contributed by atoms with Gasteiger partial charge < -0.3 is 5.32 Å². The third kappa shape index (κ3) is 2.79. The van der Waals surface area contributed by atoms with Crippen LogP contribution in [-0.2, 0) is 20.6 Å². The number of thioether (sulfide) groups is 1. The third-order valence-corrected chi connectivity index (χ3v) is 5.50. The molecule has 1 aliphatic rings. The summed E-state index contributed by atoms with van der Waals surface area (Å²) in [6, 6.07) is 1.53. The van der Waals surface area contributed by atoms with Crippen LogP contribution >= 0.6 is 11.8 Å². The van der Waals surface area contributed by atoms with Crippen molar-refractivity contribution in [2.75, 3.05) is 12.8 Å². The fraction of sp³-hybridized carbons (Fsp3) is 0.692. The molecule has 0 aliphatic heterocycles. The molecule has 5 nitrogen and oxygen atoms in total. The summed E-state index contributed by atoms with van der Waals surface area (Å²) in [4.78, 5) is 23.4. The van der Waals surface area contributed by atoms with Gasteiger partial charge in [-0.2, -0.15) is 11.8 Å². The van der Waals surface area contributed by atoms with Crippen LogP contribution in [-0.4, -0.2) is 26.7 Å². The monoisotopic (exact) mass is 283 g/mol. The summed E-state index contributed by atoms with van der Waals surface area (Å²) in [5.41, 5.74) is 0.222. The molecule has 1 aromatic rings. The Morgan fingerprint density at radius 3 is 2.53 bits per heavy atom. The van der Waals surface area contributed by atoms with Gasteiger partial charge in [0.25, 0.3) is 5.56 Å². The number of aromatic nitrogens is 2. The number of nitrogens with one attached hydrogen (secondary N) is 1. The minimum Gasteiger partial charge on any atom is -0.310 e. The highest BCUT2D eigenvalue weighted by Crippen LogP contribution is 2.42. The highest BCUT2D eigenvalue weighted by molar-refractivity contribution is 8.00. The molecule has 0 atom stereocenters. The summed E-state index contributed by atoms with van der Waals surface area (Å²) in [5.74, 6) is 0. The van der Waals surface area contributed by atoms with E-state index in [-0.39, 0.29) is 11.2 Å². The second-order valence-electron chi connectivity index (χ2n) is 5.22. The second-order valence-corrected chi connectivity index (χ2v) is 6.49. The molecule has 2 rings (SSSR count). The molecule has 6 heteroatoms. The van der Waals surface area contributed by atoms with E-state index in [9.17, 15) is 9.59 Å². The molecule has 19 heavy (non-hydrogen) atoms. The van der Waals surface area contributed by atoms with Crippen molar-refractivity contribution in [1.29, 1.82) is 0 Å². The van der Waals surface area contributed by atoms with Gasteiger partial charge in [-0.25, -0.2) is 4.79 Å². The molecule has 1 fully saturated rings. The SMILES string of the molecule is CSC1(CNCc2cc(=O)n(C)c(=O)n2C)CCC1. The quantitative estimate of drug-likeness (QED) is 0.853. The van der Waals surface area contributed by atoms with E-state index < -0.39 is 0 Å². The van der Waals surface area contributed by atoms with E-state index in [0.717, 1.165) is 16.8 Å². The molecule has 0 bridgehead atoms. The lowest BCUT2D eigenvalue weighted by Gasteiger charge is -2.40. The van der Waals surface area contributed by atoms with Crippen LogP contribution in [0.1, 0.15) is 25.0 Å². The van der Waals surface area contributed by atoms with Crippen molar-refractivity contribution in [2.45, 2.75) is 30.6 Å². The van der Waals surface area contributed by atoms with E-state index in [2.05, 4.69) is 11.6 Å². The summed E-state index contributed by atoms with van der Waals surface area (Å²) >= 11 is 1.91. The zero-order chi connectivity index (χ0) is 14.0. The topological polar surface area (TPSA) is 56.0 Å². The molecule has 0 amide bonds. The molecule has 1 heterocycles. The predicted molar refractivity (Wildman–Crippen MR) is 78.7 cm³/mol. The first-order valence-corrected chi connectivity index (χ1v) is 7.73. The van der Waals surface area contributed by atoms with E-state index in [4.69, 9.17) is 0 Å². The molecule has 1 N–H and O–H groups in total. The first-order chi connectivity index (χ1) is 8.99. The number of hydrogen-bond acceptors (Lipinski definition) is 4. The summed E-state index contributed by atoms with van der Waals surface area (Å²) in [5, 5.41) is 3.38. The zero-order valence-corrected chi connectivity index (χ0v) is 12.5. The van der Waals surface area contributed by atoms with Gasteiger partial charge >= 0.3 is 5.69 Å². The fourth-order valence-electron chi connectivity index (χ4n) is 2.39. The van der Waals surface area contributed by atoms with Crippen LogP contribution in [0.4, 0.5) is 0 Å². The molecule has 0 spiro atoms. The van der Waals surface area contributed by atoms with Gasteiger partial charge in [0.05, 0.1) is 0 Å². The third-order valence-electron chi connectivity index (χ3n) is 4.08. The van der Waals surface area contributed by atoms with Gasteiger partial charge in [-0.15, -0.1) is 0 Å². The largest absolute Gasteiger partial charge is 0.330 e. The highest BCUT2D eigenvalue weighted by Gasteiger charge is 2.35. The molecule has 0 radical (unpaired) electrons. The molecule has 0 aromatic carbocycles. The number of nitrogens with zero attached hydrogens (tertiary/aromatic N) is 2. The maximum absolute atomic E-state index is 11.8. The summed E-state index contributed by atoms with van der Waals surface area (Å²) in [7, 11) is 3.20. The van der Waals surface area contributed by atoms with E-state index in [1.807, 2.05) is 11.8 Å². The molecule has 0 saturated heterocycles. The van der Waals surface area contributed by atoms with Crippen molar-refractivity contribution in [1.82, 2.24) is 14.5 Å². The summed E-state index contributed by atoms with van der Waals surface area (Å²) < 4.78 is 3.01. The zero-order valence-electron chi connectivity index (χ0n) is 11.7. The van der Waals surface area contributed by atoms with Crippen molar-refractivity contribution < 1.29 is 0 Å². The molecule has 0 unspecified atom stereocenters. The minimum absolute atomic E-state index is 0.247. The Hall–Kier alpha value is -1.01. The molecule has 1 aromatic heterocycles. The molecular formula is C13H21N3O2S. The lowest BCUT2D eigenvalue weighted by atomic mass is 9.84. The van der Waals surface area contributed by atoms with E-state index >= 15 is 0 Å². The fourth-order valence-corrected chi connectivity index (χ4v) is 3.33. The first-order valence-electron chi connectivity index (χ1n) is 6.51. The molecule has 106 valence electrons. The molecule has 1 aliphatic carbocycles. The van der Waals surface area contributed by atoms with Crippen molar-refractivity contribution in [3.05, 3.63) is 32.6 Å². The Labute approximate surface area is 117 Å². The Balaban J connectivity index is 2.04. The first kappa shape index (κ1) is 14.4. The summed E-state index contributed by atoms with van der Waals surface area (Å²) in [6.45, 7) is 1.49. The van der Waals surface area contributed by atoms with Gasteiger partial charge in [0.15, 0.2) is 0 Å². The Morgan fingerprint density at radius 2 is 2.00 bits per heavy atom. The van der Waals surface area contributed by atoms with Gasteiger partial charge in [0, 0.05) is 43.7 Å². The van der Waals surface area contributed by atoms with Crippen LogP contribution in [0.5, 0.6) is 0 Å². The minimum atomic E-state index is -0.271. The van der Waals surface area contributed by atoms with Gasteiger partial charge in [0.2, 0.25) is 0 Å². The lowest BCUT2D eigenvalue weighted by Crippen LogP contribution is -2.44. The van der Waals surface area contributed by atoms with Crippen molar-refractivity contribution in [3.8, 4) is 0 Å². The lowest BCUT2D eigenvalue weighted by molar-refractivity contribution is 0.344. The standard InChI is InChI=1S/C13H21N3O2S/c1-15-10(7-11(17)16(2)12(15)18)8-14-9-13(19-3)5-4-6-13/h7,14H,4-6,8-9H2,1-3H3. The average Bonchev–Trinajstić information content (AvgIpc) is 2.36. The number of rotatable bonds is 5. The van der Waals surface area contributed by atoms with Crippen LogP contribution in [0.15, 0.2) is 15.7 Å². The molecular weight excluding hydrogens is 262 g/mol.